The van der Waals surface area contributed by atoms with Crippen LogP contribution in [-0.2, 0) is 4.79 Å². The monoisotopic (exact) mass is 333 g/mol. The molecule has 0 aromatic heterocycles. The predicted octanol–water partition coefficient (Wildman–Crippen LogP) is 1.89. The van der Waals surface area contributed by atoms with Gasteiger partial charge in [-0.05, 0) is 33.3 Å². The van der Waals surface area contributed by atoms with Crippen LogP contribution >= 0.6 is 0 Å². The van der Waals surface area contributed by atoms with E-state index in [1.54, 1.807) is 0 Å². The number of nitro benzene ring substituents is 1. The fraction of sp³-hybridized carbons (Fsp3) is 0.438. The summed E-state index contributed by atoms with van der Waals surface area (Å²) in [4.78, 5) is 47.5. The number of nitrogens with one attached hydrogen (secondary N) is 1. The van der Waals surface area contributed by atoms with Crippen molar-refractivity contribution >= 4 is 23.4 Å². The summed E-state index contributed by atoms with van der Waals surface area (Å²) >= 11 is 0. The number of rotatable bonds is 5. The van der Waals surface area contributed by atoms with Crippen LogP contribution in [-0.4, -0.2) is 39.6 Å². The molecular formula is C16H19N3O5. The van der Waals surface area contributed by atoms with Crippen LogP contribution in [0.4, 0.5) is 5.69 Å². The molecule has 1 N–H and O–H groups in total. The van der Waals surface area contributed by atoms with Gasteiger partial charge in [0.15, 0.2) is 0 Å². The molecule has 2 rings (SSSR count). The normalized spacial score (nSPS) is 13.9. The molecule has 1 aromatic rings. The molecule has 1 aliphatic heterocycles. The number of hydrogen-bond donors (Lipinski definition) is 1. The molecule has 0 bridgehead atoms. The Morgan fingerprint density at radius 3 is 2.42 bits per heavy atom. The second-order valence-electron chi connectivity index (χ2n) is 6.65. The molecule has 0 fully saturated rings. The summed E-state index contributed by atoms with van der Waals surface area (Å²) in [6, 6.07) is 3.60. The zero-order valence-electron chi connectivity index (χ0n) is 13.8. The number of non-ortho nitro benzene ring substituents is 1. The third-order valence-electron chi connectivity index (χ3n) is 3.47. The summed E-state index contributed by atoms with van der Waals surface area (Å²) < 4.78 is 0. The topological polar surface area (TPSA) is 110 Å². The molecule has 0 saturated carbocycles. The van der Waals surface area contributed by atoms with Gasteiger partial charge in [0.05, 0.1) is 16.1 Å². The Balaban J connectivity index is 2.01. The first-order valence-corrected chi connectivity index (χ1v) is 7.56. The van der Waals surface area contributed by atoms with E-state index in [1.165, 1.54) is 12.1 Å². The van der Waals surface area contributed by atoms with Crippen molar-refractivity contribution in [2.45, 2.75) is 39.2 Å². The standard InChI is InChI=1S/C16H19N3O5/c1-16(2,3)17-13(20)5-4-8-18-14(21)11-7-6-10(19(23)24)9-12(11)15(18)22/h6-7,9H,4-5,8H2,1-3H3,(H,17,20). The maximum atomic E-state index is 12.3. The number of fused-ring (bicyclic) bond motifs is 1. The van der Waals surface area contributed by atoms with Gasteiger partial charge in [0.2, 0.25) is 5.91 Å². The average Bonchev–Trinajstić information content (AvgIpc) is 2.70. The first-order chi connectivity index (χ1) is 11.1. The van der Waals surface area contributed by atoms with E-state index in [9.17, 15) is 24.5 Å². The highest BCUT2D eigenvalue weighted by molar-refractivity contribution is 6.21. The van der Waals surface area contributed by atoms with Gasteiger partial charge >= 0.3 is 0 Å². The van der Waals surface area contributed by atoms with E-state index in [2.05, 4.69) is 5.32 Å². The molecule has 128 valence electrons. The lowest BCUT2D eigenvalue weighted by atomic mass is 10.1. The van der Waals surface area contributed by atoms with Crippen molar-refractivity contribution in [3.8, 4) is 0 Å². The molecule has 24 heavy (non-hydrogen) atoms. The fourth-order valence-corrected chi connectivity index (χ4v) is 2.47. The largest absolute Gasteiger partial charge is 0.352 e. The summed E-state index contributed by atoms with van der Waals surface area (Å²) in [6.45, 7) is 5.68. The molecule has 8 nitrogen and oxygen atoms in total. The zero-order valence-corrected chi connectivity index (χ0v) is 13.8. The lowest BCUT2D eigenvalue weighted by molar-refractivity contribution is -0.384. The van der Waals surface area contributed by atoms with Crippen LogP contribution in [0, 0.1) is 10.1 Å². The van der Waals surface area contributed by atoms with Crippen LogP contribution < -0.4 is 5.32 Å². The van der Waals surface area contributed by atoms with E-state index in [-0.39, 0.29) is 41.2 Å². The number of carbonyl (C=O) groups excluding carboxylic acids is 3. The third-order valence-corrected chi connectivity index (χ3v) is 3.47. The van der Waals surface area contributed by atoms with Crippen molar-refractivity contribution in [2.24, 2.45) is 0 Å². The second kappa shape index (κ2) is 6.38. The molecule has 0 spiro atoms. The summed E-state index contributed by atoms with van der Waals surface area (Å²) in [5, 5.41) is 13.6. The van der Waals surface area contributed by atoms with E-state index < -0.39 is 16.7 Å². The van der Waals surface area contributed by atoms with Crippen LogP contribution in [0.25, 0.3) is 0 Å². The quantitative estimate of drug-likeness (QED) is 0.502. The number of nitro groups is 1. The smallest absolute Gasteiger partial charge is 0.270 e. The van der Waals surface area contributed by atoms with Crippen LogP contribution in [0.3, 0.4) is 0 Å². The minimum absolute atomic E-state index is 0.0355. The first kappa shape index (κ1) is 17.6. The van der Waals surface area contributed by atoms with Gasteiger partial charge in [0.1, 0.15) is 0 Å². The van der Waals surface area contributed by atoms with Gasteiger partial charge in [-0.25, -0.2) is 0 Å². The highest BCUT2D eigenvalue weighted by atomic mass is 16.6. The van der Waals surface area contributed by atoms with Crippen molar-refractivity contribution in [3.63, 3.8) is 0 Å². The molecule has 1 aromatic carbocycles. The van der Waals surface area contributed by atoms with Crippen LogP contribution in [0.1, 0.15) is 54.3 Å². The van der Waals surface area contributed by atoms with Gasteiger partial charge in [-0.1, -0.05) is 0 Å². The Bertz CT molecular complexity index is 721. The molecule has 0 saturated heterocycles. The van der Waals surface area contributed by atoms with Crippen molar-refractivity contribution in [2.75, 3.05) is 6.54 Å². The van der Waals surface area contributed by atoms with E-state index in [0.717, 1.165) is 11.0 Å². The molecule has 1 aliphatic rings. The number of benzene rings is 1. The van der Waals surface area contributed by atoms with Gasteiger partial charge in [0.25, 0.3) is 17.5 Å². The lowest BCUT2D eigenvalue weighted by Crippen LogP contribution is -2.41. The number of nitrogens with zero attached hydrogens (tertiary/aromatic N) is 2. The van der Waals surface area contributed by atoms with Gasteiger partial charge < -0.3 is 5.32 Å². The van der Waals surface area contributed by atoms with E-state index >= 15 is 0 Å². The Labute approximate surface area is 139 Å². The summed E-state index contributed by atoms with van der Waals surface area (Å²) in [7, 11) is 0. The minimum Gasteiger partial charge on any atom is -0.352 e. The highest BCUT2D eigenvalue weighted by Gasteiger charge is 2.36. The van der Waals surface area contributed by atoms with E-state index in [0.29, 0.717) is 6.42 Å². The Kier molecular flexibility index (Phi) is 4.68. The lowest BCUT2D eigenvalue weighted by Gasteiger charge is -2.21. The molecule has 0 radical (unpaired) electrons. The zero-order chi connectivity index (χ0) is 18.1. The second-order valence-corrected chi connectivity index (χ2v) is 6.65. The van der Waals surface area contributed by atoms with Crippen molar-refractivity contribution in [1.29, 1.82) is 0 Å². The maximum absolute atomic E-state index is 12.3. The van der Waals surface area contributed by atoms with Crippen molar-refractivity contribution in [1.82, 2.24) is 10.2 Å². The molecule has 1 heterocycles. The Morgan fingerprint density at radius 2 is 1.83 bits per heavy atom. The van der Waals surface area contributed by atoms with Crippen LogP contribution in [0.15, 0.2) is 18.2 Å². The van der Waals surface area contributed by atoms with Gasteiger partial charge in [-0.3, -0.25) is 29.4 Å². The Hall–Kier alpha value is -2.77. The highest BCUT2D eigenvalue weighted by Crippen LogP contribution is 2.26. The van der Waals surface area contributed by atoms with Gasteiger partial charge in [0, 0.05) is 30.6 Å². The SMILES string of the molecule is CC(C)(C)NC(=O)CCCN1C(=O)c2ccc([N+](=O)[O-])cc2C1=O. The molecule has 0 aliphatic carbocycles. The van der Waals surface area contributed by atoms with E-state index in [4.69, 9.17) is 0 Å². The minimum atomic E-state index is -0.614. The van der Waals surface area contributed by atoms with Crippen molar-refractivity contribution < 1.29 is 19.3 Å². The molecule has 3 amide bonds. The summed E-state index contributed by atoms with van der Waals surface area (Å²) in [6.07, 6.45) is 0.514. The van der Waals surface area contributed by atoms with E-state index in [1.807, 2.05) is 20.8 Å². The average molecular weight is 333 g/mol. The summed E-state index contributed by atoms with van der Waals surface area (Å²) in [5.74, 6) is -1.20. The number of imide groups is 1. The fourth-order valence-electron chi connectivity index (χ4n) is 2.47. The number of carbonyl (C=O) groups is 3. The van der Waals surface area contributed by atoms with Crippen LogP contribution in [0.2, 0.25) is 0 Å². The third kappa shape index (κ3) is 3.76. The Morgan fingerprint density at radius 1 is 1.21 bits per heavy atom. The number of hydrogen-bond acceptors (Lipinski definition) is 5. The molecular weight excluding hydrogens is 314 g/mol. The van der Waals surface area contributed by atoms with Gasteiger partial charge in [-0.2, -0.15) is 0 Å². The van der Waals surface area contributed by atoms with Crippen LogP contribution in [0.5, 0.6) is 0 Å². The first-order valence-electron chi connectivity index (χ1n) is 7.56. The van der Waals surface area contributed by atoms with Gasteiger partial charge in [-0.15, -0.1) is 0 Å². The summed E-state index contributed by atoms with van der Waals surface area (Å²) in [5.41, 5.74) is -0.384. The molecule has 8 heteroatoms. The molecule has 0 atom stereocenters. The predicted molar refractivity (Wildman–Crippen MR) is 85.6 cm³/mol. The molecule has 0 unspecified atom stereocenters. The number of amides is 3. The van der Waals surface area contributed by atoms with Crippen molar-refractivity contribution in [3.05, 3.63) is 39.4 Å². The maximum Gasteiger partial charge on any atom is 0.270 e.